The number of carbonyl (C=O) groups is 1. The molecule has 114 valence electrons. The second kappa shape index (κ2) is 6.48. The Bertz CT molecular complexity index is 667. The average Bonchev–Trinajstić information content (AvgIpc) is 2.46. The third kappa shape index (κ3) is 3.56. The van der Waals surface area contributed by atoms with Gasteiger partial charge in [-0.05, 0) is 26.0 Å². The predicted molar refractivity (Wildman–Crippen MR) is 85.1 cm³/mol. The molecular formula is C13H17N3O3S2. The first-order valence-corrected chi connectivity index (χ1v) is 9.02. The Hall–Kier alpha value is -1.54. The van der Waals surface area contributed by atoms with Crippen LogP contribution in [0.5, 0.6) is 0 Å². The van der Waals surface area contributed by atoms with Gasteiger partial charge in [-0.2, -0.15) is 8.42 Å². The van der Waals surface area contributed by atoms with Crippen molar-refractivity contribution in [2.75, 3.05) is 24.2 Å². The molecule has 0 aromatic heterocycles. The van der Waals surface area contributed by atoms with Crippen molar-refractivity contribution in [1.82, 2.24) is 4.90 Å². The average molecular weight is 327 g/mol. The molecule has 1 aromatic rings. The summed E-state index contributed by atoms with van der Waals surface area (Å²) in [6.45, 7) is 5.08. The molecule has 8 heteroatoms. The first kappa shape index (κ1) is 15.8. The van der Waals surface area contributed by atoms with Crippen LogP contribution in [0.15, 0.2) is 33.6 Å². The molecule has 0 atom stereocenters. The first-order chi connectivity index (χ1) is 9.97. The van der Waals surface area contributed by atoms with Gasteiger partial charge in [0.2, 0.25) is 5.91 Å². The van der Waals surface area contributed by atoms with Gasteiger partial charge in [0.05, 0.1) is 11.4 Å². The van der Waals surface area contributed by atoms with Crippen LogP contribution >= 0.6 is 11.8 Å². The minimum atomic E-state index is -3.69. The van der Waals surface area contributed by atoms with Gasteiger partial charge in [-0.25, -0.2) is 0 Å². The van der Waals surface area contributed by atoms with Crippen LogP contribution in [0, 0.1) is 0 Å². The van der Waals surface area contributed by atoms with E-state index in [9.17, 15) is 13.2 Å². The van der Waals surface area contributed by atoms with Crippen molar-refractivity contribution in [2.24, 2.45) is 4.40 Å². The summed E-state index contributed by atoms with van der Waals surface area (Å²) >= 11 is 1.10. The number of amidine groups is 1. The van der Waals surface area contributed by atoms with E-state index in [1.54, 1.807) is 23.1 Å². The van der Waals surface area contributed by atoms with Crippen LogP contribution < -0.4 is 5.32 Å². The van der Waals surface area contributed by atoms with E-state index in [1.165, 1.54) is 6.07 Å². The predicted octanol–water partition coefficient (Wildman–Crippen LogP) is 1.76. The van der Waals surface area contributed by atoms with E-state index < -0.39 is 10.0 Å². The molecule has 0 saturated carbocycles. The van der Waals surface area contributed by atoms with Crippen LogP contribution in [0.3, 0.4) is 0 Å². The molecule has 0 radical (unpaired) electrons. The topological polar surface area (TPSA) is 78.8 Å². The summed E-state index contributed by atoms with van der Waals surface area (Å²) in [7, 11) is -3.69. The number of nitrogens with zero attached hydrogens (tertiary/aromatic N) is 2. The molecule has 1 aliphatic heterocycles. The maximum atomic E-state index is 12.0. The zero-order valence-corrected chi connectivity index (χ0v) is 13.5. The lowest BCUT2D eigenvalue weighted by Gasteiger charge is -2.20. The van der Waals surface area contributed by atoms with Gasteiger partial charge in [0.25, 0.3) is 10.0 Å². The molecule has 0 bridgehead atoms. The van der Waals surface area contributed by atoms with Crippen LogP contribution in [0.2, 0.25) is 0 Å². The fourth-order valence-electron chi connectivity index (χ4n) is 1.95. The number of para-hydroxylation sites is 1. The number of fused-ring (bicyclic) bond motifs is 1. The molecular weight excluding hydrogens is 310 g/mol. The van der Waals surface area contributed by atoms with Gasteiger partial charge in [0.1, 0.15) is 4.90 Å². The lowest BCUT2D eigenvalue weighted by Crippen LogP contribution is -2.32. The van der Waals surface area contributed by atoms with E-state index in [0.29, 0.717) is 18.8 Å². The molecule has 0 spiro atoms. The number of thioether (sulfide) groups is 1. The van der Waals surface area contributed by atoms with Gasteiger partial charge < -0.3 is 10.2 Å². The number of nitrogens with one attached hydrogen (secondary N) is 1. The monoisotopic (exact) mass is 327 g/mol. The van der Waals surface area contributed by atoms with Crippen LogP contribution in [-0.4, -0.2) is 43.2 Å². The number of hydrogen-bond donors (Lipinski definition) is 1. The first-order valence-electron chi connectivity index (χ1n) is 6.59. The number of sulfonamides is 1. The Morgan fingerprint density at radius 2 is 1.95 bits per heavy atom. The summed E-state index contributed by atoms with van der Waals surface area (Å²) < 4.78 is 27.8. The van der Waals surface area contributed by atoms with Gasteiger partial charge in [-0.15, -0.1) is 4.40 Å². The highest BCUT2D eigenvalue weighted by Gasteiger charge is 2.25. The maximum absolute atomic E-state index is 12.0. The third-order valence-electron chi connectivity index (χ3n) is 3.06. The summed E-state index contributed by atoms with van der Waals surface area (Å²) in [6.07, 6.45) is 0. The highest BCUT2D eigenvalue weighted by atomic mass is 32.2. The molecule has 0 aliphatic carbocycles. The van der Waals surface area contributed by atoms with Crippen molar-refractivity contribution in [2.45, 2.75) is 18.7 Å². The minimum absolute atomic E-state index is 0.0363. The van der Waals surface area contributed by atoms with E-state index in [-0.39, 0.29) is 21.7 Å². The van der Waals surface area contributed by atoms with E-state index in [0.717, 1.165) is 11.8 Å². The summed E-state index contributed by atoms with van der Waals surface area (Å²) in [4.78, 5) is 13.8. The highest BCUT2D eigenvalue weighted by molar-refractivity contribution is 8.15. The molecule has 0 unspecified atom stereocenters. The van der Waals surface area contributed by atoms with Crippen molar-refractivity contribution >= 4 is 38.5 Å². The lowest BCUT2D eigenvalue weighted by molar-refractivity contribution is -0.127. The zero-order chi connectivity index (χ0) is 15.5. The third-order valence-corrected chi connectivity index (χ3v) is 5.37. The molecule has 1 aliphatic rings. The molecule has 2 rings (SSSR count). The molecule has 0 fully saturated rings. The van der Waals surface area contributed by atoms with Crippen molar-refractivity contribution in [1.29, 1.82) is 0 Å². The van der Waals surface area contributed by atoms with Gasteiger partial charge in [-0.3, -0.25) is 4.79 Å². The maximum Gasteiger partial charge on any atom is 0.286 e. The van der Waals surface area contributed by atoms with Gasteiger partial charge in [0, 0.05) is 13.1 Å². The Labute approximate surface area is 128 Å². The van der Waals surface area contributed by atoms with Crippen LogP contribution in [-0.2, 0) is 14.8 Å². The van der Waals surface area contributed by atoms with Crippen molar-refractivity contribution in [3.8, 4) is 0 Å². The second-order valence-electron chi connectivity index (χ2n) is 4.35. The Balaban J connectivity index is 2.10. The summed E-state index contributed by atoms with van der Waals surface area (Å²) in [5.41, 5.74) is 0.491. The highest BCUT2D eigenvalue weighted by Crippen LogP contribution is 2.28. The van der Waals surface area contributed by atoms with E-state index in [2.05, 4.69) is 9.71 Å². The number of hydrogen-bond acceptors (Lipinski definition) is 5. The van der Waals surface area contributed by atoms with Crippen molar-refractivity contribution in [3.63, 3.8) is 0 Å². The standard InChI is InChI=1S/C13H17N3O3S2/c1-3-16(4-2)12(17)9-20-13-14-10-7-5-6-8-11(10)21(18,19)15-13/h5-8H,3-4,9H2,1-2H3,(H,14,15). The van der Waals surface area contributed by atoms with E-state index in [1.807, 2.05) is 13.8 Å². The number of anilines is 1. The molecule has 1 aromatic carbocycles. The Kier molecular flexibility index (Phi) is 4.89. The minimum Gasteiger partial charge on any atom is -0.343 e. The second-order valence-corrected chi connectivity index (χ2v) is 6.88. The fraction of sp³-hybridized carbons (Fsp3) is 0.385. The van der Waals surface area contributed by atoms with Gasteiger partial charge >= 0.3 is 0 Å². The molecule has 0 saturated heterocycles. The number of carbonyl (C=O) groups excluding carboxylic acids is 1. The molecule has 6 nitrogen and oxygen atoms in total. The number of amides is 1. The number of rotatable bonds is 4. The van der Waals surface area contributed by atoms with Crippen LogP contribution in [0.1, 0.15) is 13.8 Å². The zero-order valence-electron chi connectivity index (χ0n) is 11.9. The molecule has 1 amide bonds. The quantitative estimate of drug-likeness (QED) is 0.911. The summed E-state index contributed by atoms with van der Waals surface area (Å²) in [5.74, 6) is 0.122. The smallest absolute Gasteiger partial charge is 0.286 e. The molecule has 1 heterocycles. The van der Waals surface area contributed by atoms with Crippen molar-refractivity contribution < 1.29 is 13.2 Å². The molecule has 1 N–H and O–H groups in total. The lowest BCUT2D eigenvalue weighted by atomic mass is 10.3. The largest absolute Gasteiger partial charge is 0.343 e. The summed E-state index contributed by atoms with van der Waals surface area (Å²) in [5, 5.41) is 3.18. The van der Waals surface area contributed by atoms with Gasteiger partial charge in [-0.1, -0.05) is 23.9 Å². The van der Waals surface area contributed by atoms with Crippen LogP contribution in [0.25, 0.3) is 0 Å². The van der Waals surface area contributed by atoms with Crippen molar-refractivity contribution in [3.05, 3.63) is 24.3 Å². The fourth-order valence-corrected chi connectivity index (χ4v) is 4.09. The normalized spacial score (nSPS) is 15.6. The SMILES string of the molecule is CCN(CC)C(=O)CSC1=NS(=O)(=O)c2ccccc2N1. The van der Waals surface area contributed by atoms with E-state index in [4.69, 9.17) is 0 Å². The Morgan fingerprint density at radius 3 is 2.62 bits per heavy atom. The summed E-state index contributed by atoms with van der Waals surface area (Å²) in [6, 6.07) is 6.57. The Morgan fingerprint density at radius 1 is 1.29 bits per heavy atom. The van der Waals surface area contributed by atoms with E-state index >= 15 is 0 Å². The molecule has 21 heavy (non-hydrogen) atoms. The van der Waals surface area contributed by atoms with Crippen LogP contribution in [0.4, 0.5) is 5.69 Å². The number of benzene rings is 1. The van der Waals surface area contributed by atoms with Gasteiger partial charge in [0.15, 0.2) is 5.17 Å².